The second-order valence-electron chi connectivity index (χ2n) is 4.19. The van der Waals surface area contributed by atoms with Crippen molar-refractivity contribution in [2.45, 2.75) is 31.7 Å². The highest BCUT2D eigenvalue weighted by Gasteiger charge is 2.40. The highest BCUT2D eigenvalue weighted by Crippen LogP contribution is 2.44. The van der Waals surface area contributed by atoms with Crippen molar-refractivity contribution in [3.8, 4) is 0 Å². The molecular formula is C11H19N3. The molecule has 1 aromatic rings. The van der Waals surface area contributed by atoms with Gasteiger partial charge in [0.1, 0.15) is 0 Å². The summed E-state index contributed by atoms with van der Waals surface area (Å²) in [5.41, 5.74) is 1.39. The summed E-state index contributed by atoms with van der Waals surface area (Å²) in [5, 5.41) is 7.62. The van der Waals surface area contributed by atoms with Crippen molar-refractivity contribution in [3.05, 3.63) is 18.0 Å². The summed E-state index contributed by atoms with van der Waals surface area (Å²) in [7, 11) is 4.10. The first-order valence-corrected chi connectivity index (χ1v) is 5.43. The van der Waals surface area contributed by atoms with E-state index in [0.29, 0.717) is 12.0 Å². The molecule has 3 unspecified atom stereocenters. The number of hydrogen-bond acceptors (Lipinski definition) is 2. The third kappa shape index (κ3) is 1.36. The van der Waals surface area contributed by atoms with Gasteiger partial charge in [0.2, 0.25) is 0 Å². The summed E-state index contributed by atoms with van der Waals surface area (Å²) in [5.74, 6) is 1.50. The van der Waals surface area contributed by atoms with Crippen molar-refractivity contribution >= 4 is 0 Å². The number of nitrogens with one attached hydrogen (secondary N) is 1. The molecule has 0 bridgehead atoms. The van der Waals surface area contributed by atoms with Gasteiger partial charge in [0.25, 0.3) is 0 Å². The Balaban J connectivity index is 2.11. The molecule has 3 heteroatoms. The molecule has 1 aliphatic rings. The van der Waals surface area contributed by atoms with Gasteiger partial charge in [-0.1, -0.05) is 13.3 Å². The van der Waals surface area contributed by atoms with Gasteiger partial charge in [0, 0.05) is 30.9 Å². The Morgan fingerprint density at radius 1 is 1.64 bits per heavy atom. The number of hydrogen-bond donors (Lipinski definition) is 1. The van der Waals surface area contributed by atoms with E-state index in [2.05, 4.69) is 30.5 Å². The zero-order valence-corrected chi connectivity index (χ0v) is 9.20. The number of rotatable bonds is 3. The van der Waals surface area contributed by atoms with Crippen LogP contribution in [0.5, 0.6) is 0 Å². The number of aromatic nitrogens is 2. The van der Waals surface area contributed by atoms with E-state index in [4.69, 9.17) is 0 Å². The van der Waals surface area contributed by atoms with Crippen molar-refractivity contribution < 1.29 is 0 Å². The minimum absolute atomic E-state index is 0.708. The van der Waals surface area contributed by atoms with Crippen LogP contribution in [-0.2, 0) is 7.05 Å². The Bertz CT molecular complexity index is 305. The molecule has 0 saturated heterocycles. The topological polar surface area (TPSA) is 29.9 Å². The molecule has 1 fully saturated rings. The second kappa shape index (κ2) is 3.73. The van der Waals surface area contributed by atoms with E-state index < -0.39 is 0 Å². The van der Waals surface area contributed by atoms with Gasteiger partial charge in [0.05, 0.1) is 0 Å². The maximum Gasteiger partial charge on any atom is 0.0492 e. The third-order valence-corrected chi connectivity index (χ3v) is 3.62. The minimum atomic E-state index is 0.708. The van der Waals surface area contributed by atoms with E-state index >= 15 is 0 Å². The van der Waals surface area contributed by atoms with Crippen LogP contribution in [0, 0.1) is 5.92 Å². The van der Waals surface area contributed by atoms with Crippen LogP contribution < -0.4 is 5.32 Å². The van der Waals surface area contributed by atoms with Crippen LogP contribution >= 0.6 is 0 Å². The largest absolute Gasteiger partial charge is 0.317 e. The fourth-order valence-corrected chi connectivity index (χ4v) is 2.70. The Kier molecular flexibility index (Phi) is 2.59. The molecule has 1 heterocycles. The van der Waals surface area contributed by atoms with Crippen LogP contribution in [0.1, 0.15) is 31.4 Å². The first-order chi connectivity index (χ1) is 6.77. The van der Waals surface area contributed by atoms with Crippen LogP contribution in [0.2, 0.25) is 0 Å². The predicted octanol–water partition coefficient (Wildman–Crippen LogP) is 1.52. The van der Waals surface area contributed by atoms with E-state index in [9.17, 15) is 0 Å². The van der Waals surface area contributed by atoms with E-state index in [0.717, 1.165) is 5.92 Å². The monoisotopic (exact) mass is 193 g/mol. The van der Waals surface area contributed by atoms with Gasteiger partial charge in [-0.25, -0.2) is 0 Å². The zero-order chi connectivity index (χ0) is 10.1. The SMILES string of the molecule is CCC1C(NC)CC1c1ccnn1C. The Hall–Kier alpha value is -0.830. The van der Waals surface area contributed by atoms with Crippen LogP contribution in [0.4, 0.5) is 0 Å². The lowest BCUT2D eigenvalue weighted by Crippen LogP contribution is -2.47. The lowest BCUT2D eigenvalue weighted by Gasteiger charge is -2.44. The van der Waals surface area contributed by atoms with Crippen molar-refractivity contribution in [3.63, 3.8) is 0 Å². The second-order valence-corrected chi connectivity index (χ2v) is 4.19. The normalized spacial score (nSPS) is 31.5. The van der Waals surface area contributed by atoms with Crippen molar-refractivity contribution in [1.29, 1.82) is 0 Å². The zero-order valence-electron chi connectivity index (χ0n) is 9.20. The summed E-state index contributed by atoms with van der Waals surface area (Å²) < 4.78 is 2.01. The van der Waals surface area contributed by atoms with Crippen molar-refractivity contribution in [2.24, 2.45) is 13.0 Å². The lowest BCUT2D eigenvalue weighted by molar-refractivity contribution is 0.162. The summed E-state index contributed by atoms with van der Waals surface area (Å²) >= 11 is 0. The summed E-state index contributed by atoms with van der Waals surface area (Å²) in [4.78, 5) is 0. The van der Waals surface area contributed by atoms with Gasteiger partial charge in [-0.05, 0) is 25.5 Å². The average molecular weight is 193 g/mol. The molecule has 2 rings (SSSR count). The fraction of sp³-hybridized carbons (Fsp3) is 0.727. The summed E-state index contributed by atoms with van der Waals surface area (Å²) in [6.07, 6.45) is 4.41. The number of nitrogens with zero attached hydrogens (tertiary/aromatic N) is 2. The van der Waals surface area contributed by atoms with Crippen molar-refractivity contribution in [1.82, 2.24) is 15.1 Å². The van der Waals surface area contributed by atoms with E-state index in [1.165, 1.54) is 18.5 Å². The predicted molar refractivity (Wildman–Crippen MR) is 57.2 cm³/mol. The van der Waals surface area contributed by atoms with Gasteiger partial charge in [-0.3, -0.25) is 4.68 Å². The van der Waals surface area contributed by atoms with Crippen LogP contribution in [-0.4, -0.2) is 22.9 Å². The Labute approximate surface area is 85.5 Å². The Morgan fingerprint density at radius 3 is 2.93 bits per heavy atom. The molecule has 1 aromatic heterocycles. The van der Waals surface area contributed by atoms with Crippen LogP contribution in [0.3, 0.4) is 0 Å². The molecule has 1 saturated carbocycles. The first kappa shape index (κ1) is 9.71. The third-order valence-electron chi connectivity index (χ3n) is 3.62. The standard InChI is InChI=1S/C11H19N3/c1-4-8-9(7-10(8)12-2)11-5-6-13-14(11)3/h5-6,8-10,12H,4,7H2,1-3H3. The van der Waals surface area contributed by atoms with Gasteiger partial charge in [-0.2, -0.15) is 5.10 Å². The molecule has 14 heavy (non-hydrogen) atoms. The fourth-order valence-electron chi connectivity index (χ4n) is 2.70. The smallest absolute Gasteiger partial charge is 0.0492 e. The molecule has 0 radical (unpaired) electrons. The maximum atomic E-state index is 4.24. The van der Waals surface area contributed by atoms with Gasteiger partial charge in [0.15, 0.2) is 0 Å². The lowest BCUT2D eigenvalue weighted by atomic mass is 9.66. The molecule has 0 aromatic carbocycles. The Morgan fingerprint density at radius 2 is 2.43 bits per heavy atom. The summed E-state index contributed by atoms with van der Waals surface area (Å²) in [6, 6.07) is 2.86. The molecule has 0 aliphatic heterocycles. The highest BCUT2D eigenvalue weighted by molar-refractivity contribution is 5.16. The van der Waals surface area contributed by atoms with Gasteiger partial charge < -0.3 is 5.32 Å². The quantitative estimate of drug-likeness (QED) is 0.789. The van der Waals surface area contributed by atoms with E-state index in [-0.39, 0.29) is 0 Å². The van der Waals surface area contributed by atoms with E-state index in [1.807, 2.05) is 17.9 Å². The molecule has 0 amide bonds. The van der Waals surface area contributed by atoms with Crippen LogP contribution in [0.15, 0.2) is 12.3 Å². The summed E-state index contributed by atoms with van der Waals surface area (Å²) in [6.45, 7) is 2.28. The molecule has 1 aliphatic carbocycles. The molecular weight excluding hydrogens is 174 g/mol. The minimum Gasteiger partial charge on any atom is -0.317 e. The molecule has 0 spiro atoms. The maximum absolute atomic E-state index is 4.24. The van der Waals surface area contributed by atoms with Gasteiger partial charge >= 0.3 is 0 Å². The van der Waals surface area contributed by atoms with Crippen molar-refractivity contribution in [2.75, 3.05) is 7.05 Å². The number of aryl methyl sites for hydroxylation is 1. The molecule has 78 valence electrons. The highest BCUT2D eigenvalue weighted by atomic mass is 15.3. The molecule has 3 nitrogen and oxygen atoms in total. The van der Waals surface area contributed by atoms with Gasteiger partial charge in [-0.15, -0.1) is 0 Å². The average Bonchev–Trinajstić information content (AvgIpc) is 2.52. The van der Waals surface area contributed by atoms with Crippen LogP contribution in [0.25, 0.3) is 0 Å². The first-order valence-electron chi connectivity index (χ1n) is 5.43. The molecule has 3 atom stereocenters. The molecule has 1 N–H and O–H groups in total. The van der Waals surface area contributed by atoms with E-state index in [1.54, 1.807) is 0 Å².